The summed E-state index contributed by atoms with van der Waals surface area (Å²) in [6.45, 7) is -0.805. The number of aromatic amines is 1. The van der Waals surface area contributed by atoms with Gasteiger partial charge in [0.25, 0.3) is 11.8 Å². The second kappa shape index (κ2) is 7.77. The lowest BCUT2D eigenvalue weighted by Crippen LogP contribution is -2.54. The third kappa shape index (κ3) is 2.85. The topological polar surface area (TPSA) is 137 Å². The van der Waals surface area contributed by atoms with Crippen molar-refractivity contribution < 1.29 is 42.8 Å². The number of carbonyl (C=O) groups excluding carboxylic acids is 2. The fraction of sp³-hybridized carbons (Fsp3) is 0.231. The number of aromatic nitrogens is 2. The number of ether oxygens (including phenoxy) is 1. The summed E-state index contributed by atoms with van der Waals surface area (Å²) >= 11 is 0. The number of H-pyrrole nitrogens is 1. The van der Waals surface area contributed by atoms with E-state index in [0.717, 1.165) is 12.1 Å². The molecule has 2 aromatic heterocycles. The number of nitrogens with zero attached hydrogens (tertiary/aromatic N) is 1. The number of hydrogen-bond acceptors (Lipinski definition) is 6. The van der Waals surface area contributed by atoms with Gasteiger partial charge in [-0.2, -0.15) is 0 Å². The Morgan fingerprint density at radius 3 is 2.29 bits per heavy atom. The standard InChI is InChI=1S/C26H18F3N3O6/c27-8-1-3-12-10(5-8)15-17-18(25(37)31-24(17)36)16-11-6-9(28)2-4-13(11)32(21(16)20(15)30-12)26-23(35)22(34)19(29)14(7-33)38-26/h1-6,14,19,22-23,26,30,33-35H,7H2,(H,31,36,37)/t14-,19-,22+,23-,26-/m1/s1. The van der Waals surface area contributed by atoms with Crippen LogP contribution in [-0.4, -0.2) is 67.8 Å². The SMILES string of the molecule is O=C1NC(=O)c2c1c1c3cc(F)ccc3[nH]c1c1c2c2cc(F)ccc2n1[C@@H]1O[C@H](CO)[C@@H](F)[C@H](O)[C@H]1O. The van der Waals surface area contributed by atoms with Crippen LogP contribution in [0.25, 0.3) is 43.6 Å². The molecule has 1 fully saturated rings. The average Bonchev–Trinajstić information content (AvgIpc) is 3.51. The zero-order chi connectivity index (χ0) is 26.6. The molecule has 2 aliphatic rings. The predicted molar refractivity (Wildman–Crippen MR) is 128 cm³/mol. The van der Waals surface area contributed by atoms with Gasteiger partial charge in [0.1, 0.15) is 29.9 Å². The number of rotatable bonds is 2. The second-order valence-electron chi connectivity index (χ2n) is 9.53. The van der Waals surface area contributed by atoms with E-state index in [1.807, 2.05) is 0 Å². The first-order valence-corrected chi connectivity index (χ1v) is 11.7. The van der Waals surface area contributed by atoms with Crippen molar-refractivity contribution in [1.82, 2.24) is 14.9 Å². The minimum atomic E-state index is -2.10. The molecule has 5 aromatic rings. The summed E-state index contributed by atoms with van der Waals surface area (Å²) in [6.07, 6.45) is -8.87. The van der Waals surface area contributed by atoms with Gasteiger partial charge in [-0.25, -0.2) is 13.2 Å². The van der Waals surface area contributed by atoms with Gasteiger partial charge in [-0.3, -0.25) is 14.9 Å². The summed E-state index contributed by atoms with van der Waals surface area (Å²) in [4.78, 5) is 29.2. The van der Waals surface area contributed by atoms with Gasteiger partial charge in [0.05, 0.1) is 34.3 Å². The molecule has 0 unspecified atom stereocenters. The fourth-order valence-electron chi connectivity index (χ4n) is 5.85. The molecule has 3 aromatic carbocycles. The van der Waals surface area contributed by atoms with Crippen molar-refractivity contribution in [2.45, 2.75) is 30.7 Å². The second-order valence-corrected chi connectivity index (χ2v) is 9.53. The molecule has 0 spiro atoms. The molecule has 5 atom stereocenters. The molecule has 38 heavy (non-hydrogen) atoms. The first kappa shape index (κ1) is 23.2. The summed E-state index contributed by atoms with van der Waals surface area (Å²) < 4.78 is 50.6. The number of aliphatic hydroxyl groups is 3. The first-order chi connectivity index (χ1) is 18.2. The van der Waals surface area contributed by atoms with Gasteiger partial charge in [0, 0.05) is 27.1 Å². The van der Waals surface area contributed by atoms with Gasteiger partial charge in [0.15, 0.2) is 12.4 Å². The van der Waals surface area contributed by atoms with Crippen molar-refractivity contribution in [3.8, 4) is 0 Å². The van der Waals surface area contributed by atoms with Crippen LogP contribution in [0.15, 0.2) is 36.4 Å². The molecule has 2 aliphatic heterocycles. The van der Waals surface area contributed by atoms with Crippen LogP contribution in [0.5, 0.6) is 0 Å². The van der Waals surface area contributed by atoms with Crippen LogP contribution in [-0.2, 0) is 4.74 Å². The zero-order valence-corrected chi connectivity index (χ0v) is 19.2. The highest BCUT2D eigenvalue weighted by molar-refractivity contribution is 6.39. The monoisotopic (exact) mass is 525 g/mol. The maximum absolute atomic E-state index is 14.6. The van der Waals surface area contributed by atoms with Crippen molar-refractivity contribution >= 4 is 55.4 Å². The Morgan fingerprint density at radius 1 is 0.921 bits per heavy atom. The largest absolute Gasteiger partial charge is 0.394 e. The Kier molecular flexibility index (Phi) is 4.74. The molecule has 12 heteroatoms. The molecule has 2 amide bonds. The van der Waals surface area contributed by atoms with Crippen LogP contribution >= 0.6 is 0 Å². The van der Waals surface area contributed by atoms with Gasteiger partial charge >= 0.3 is 0 Å². The normalized spacial score (nSPS) is 25.7. The Hall–Kier alpha value is -3.97. The third-order valence-electron chi connectivity index (χ3n) is 7.47. The maximum atomic E-state index is 14.6. The lowest BCUT2D eigenvalue weighted by Gasteiger charge is -2.40. The molecule has 0 radical (unpaired) electrons. The third-order valence-corrected chi connectivity index (χ3v) is 7.47. The summed E-state index contributed by atoms with van der Waals surface area (Å²) in [7, 11) is 0. The quantitative estimate of drug-likeness (QED) is 0.225. The van der Waals surface area contributed by atoms with Crippen molar-refractivity contribution in [3.63, 3.8) is 0 Å². The summed E-state index contributed by atoms with van der Waals surface area (Å²) in [6, 6.07) is 7.50. The number of imide groups is 1. The summed E-state index contributed by atoms with van der Waals surface area (Å²) in [5.74, 6) is -2.72. The van der Waals surface area contributed by atoms with Crippen LogP contribution in [0.3, 0.4) is 0 Å². The van der Waals surface area contributed by atoms with Crippen molar-refractivity contribution in [2.24, 2.45) is 0 Å². The molecule has 5 N–H and O–H groups in total. The molecule has 4 heterocycles. The van der Waals surface area contributed by atoms with E-state index >= 15 is 0 Å². The Bertz CT molecular complexity index is 1860. The van der Waals surface area contributed by atoms with E-state index in [9.17, 15) is 38.1 Å². The minimum absolute atomic E-state index is 0.0279. The van der Waals surface area contributed by atoms with E-state index in [0.29, 0.717) is 10.9 Å². The number of halogens is 3. The van der Waals surface area contributed by atoms with Gasteiger partial charge < -0.3 is 29.6 Å². The molecule has 194 valence electrons. The van der Waals surface area contributed by atoms with Gasteiger partial charge in [-0.15, -0.1) is 0 Å². The number of alkyl halides is 1. The van der Waals surface area contributed by atoms with E-state index in [4.69, 9.17) is 4.74 Å². The number of carbonyl (C=O) groups is 2. The molecule has 1 saturated heterocycles. The van der Waals surface area contributed by atoms with E-state index in [2.05, 4.69) is 10.3 Å². The number of fused-ring (bicyclic) bond motifs is 10. The van der Waals surface area contributed by atoms with Crippen molar-refractivity contribution in [1.29, 1.82) is 0 Å². The number of benzene rings is 3. The molecule has 0 bridgehead atoms. The number of aliphatic hydroxyl groups excluding tert-OH is 3. The molecule has 9 nitrogen and oxygen atoms in total. The average molecular weight is 525 g/mol. The molecule has 0 saturated carbocycles. The zero-order valence-electron chi connectivity index (χ0n) is 19.2. The van der Waals surface area contributed by atoms with Crippen molar-refractivity contribution in [3.05, 3.63) is 59.2 Å². The lowest BCUT2D eigenvalue weighted by molar-refractivity contribution is -0.233. The molecule has 0 aliphatic carbocycles. The van der Waals surface area contributed by atoms with Crippen LogP contribution < -0.4 is 5.32 Å². The highest BCUT2D eigenvalue weighted by atomic mass is 19.1. The van der Waals surface area contributed by atoms with E-state index < -0.39 is 60.8 Å². The highest BCUT2D eigenvalue weighted by Crippen LogP contribution is 2.46. The summed E-state index contributed by atoms with van der Waals surface area (Å²) in [5, 5.41) is 34.1. The highest BCUT2D eigenvalue weighted by Gasteiger charge is 2.47. The predicted octanol–water partition coefficient (Wildman–Crippen LogP) is 2.54. The Labute approximate surface area is 210 Å². The van der Waals surface area contributed by atoms with Crippen LogP contribution in [0.4, 0.5) is 13.2 Å². The Balaban J connectivity index is 1.72. The fourth-order valence-corrected chi connectivity index (χ4v) is 5.85. The Morgan fingerprint density at radius 2 is 1.58 bits per heavy atom. The molecule has 7 rings (SSSR count). The first-order valence-electron chi connectivity index (χ1n) is 11.7. The molecular formula is C26H18F3N3O6. The summed E-state index contributed by atoms with van der Waals surface area (Å²) in [5.41, 5.74) is 0.969. The van der Waals surface area contributed by atoms with E-state index in [1.165, 1.54) is 28.8 Å². The lowest BCUT2D eigenvalue weighted by atomic mass is 9.96. The van der Waals surface area contributed by atoms with Crippen LogP contribution in [0.1, 0.15) is 26.9 Å². The van der Waals surface area contributed by atoms with Gasteiger partial charge in [-0.05, 0) is 36.4 Å². The van der Waals surface area contributed by atoms with E-state index in [1.54, 1.807) is 0 Å². The van der Waals surface area contributed by atoms with Crippen molar-refractivity contribution in [2.75, 3.05) is 6.61 Å². The smallest absolute Gasteiger partial charge is 0.259 e. The van der Waals surface area contributed by atoms with Gasteiger partial charge in [0.2, 0.25) is 0 Å². The number of nitrogens with one attached hydrogen (secondary N) is 2. The number of hydrogen-bond donors (Lipinski definition) is 5. The molecular weight excluding hydrogens is 507 g/mol. The van der Waals surface area contributed by atoms with Crippen LogP contribution in [0, 0.1) is 11.6 Å². The maximum Gasteiger partial charge on any atom is 0.259 e. The minimum Gasteiger partial charge on any atom is -0.394 e. The number of amides is 2. The van der Waals surface area contributed by atoms with Crippen LogP contribution in [0.2, 0.25) is 0 Å². The van der Waals surface area contributed by atoms with E-state index in [-0.39, 0.29) is 43.8 Å². The van der Waals surface area contributed by atoms with Gasteiger partial charge in [-0.1, -0.05) is 0 Å².